The van der Waals surface area contributed by atoms with Crippen LogP contribution in [0, 0.1) is 19.7 Å². The molecule has 4 aromatic carbocycles. The van der Waals surface area contributed by atoms with Gasteiger partial charge in [-0.05, 0) is 77.1 Å². The highest BCUT2D eigenvalue weighted by molar-refractivity contribution is 7.86. The normalized spacial score (nSPS) is 11.3. The first-order valence-corrected chi connectivity index (χ1v) is 12.6. The second kappa shape index (κ2) is 9.69. The molecule has 0 bridgehead atoms. The number of hydrogen-bond acceptors (Lipinski definition) is 4. The Bertz CT molecular complexity index is 1410. The molecular weight excluding hydrogens is 451 g/mol. The largest absolute Gasteiger partial charge is 0.486 e. The van der Waals surface area contributed by atoms with Crippen LogP contribution in [0.15, 0.2) is 84.9 Å². The number of ether oxygens (including phenoxy) is 1. The van der Waals surface area contributed by atoms with Crippen LogP contribution in [0.3, 0.4) is 0 Å². The lowest BCUT2D eigenvalue weighted by atomic mass is 9.92. The molecular formula is C28H25FO4S. The number of rotatable bonds is 7. The van der Waals surface area contributed by atoms with Crippen LogP contribution < -0.4 is 8.92 Å². The van der Waals surface area contributed by atoms with Gasteiger partial charge in [0.1, 0.15) is 12.4 Å². The summed E-state index contributed by atoms with van der Waals surface area (Å²) >= 11 is 0. The molecule has 0 amide bonds. The third-order valence-corrected chi connectivity index (χ3v) is 5.96. The van der Waals surface area contributed by atoms with Gasteiger partial charge in [-0.25, -0.2) is 4.39 Å². The van der Waals surface area contributed by atoms with Crippen molar-refractivity contribution in [3.8, 4) is 33.8 Å². The molecule has 4 rings (SSSR count). The highest BCUT2D eigenvalue weighted by Gasteiger charge is 2.12. The summed E-state index contributed by atoms with van der Waals surface area (Å²) in [7, 11) is -3.57. The van der Waals surface area contributed by atoms with Gasteiger partial charge in [-0.2, -0.15) is 8.42 Å². The summed E-state index contributed by atoms with van der Waals surface area (Å²) in [6, 6.07) is 25.6. The minimum absolute atomic E-state index is 0.218. The van der Waals surface area contributed by atoms with Crippen molar-refractivity contribution in [3.05, 3.63) is 107 Å². The Morgan fingerprint density at radius 3 is 1.94 bits per heavy atom. The first kappa shape index (κ1) is 23.5. The molecule has 34 heavy (non-hydrogen) atoms. The molecule has 4 nitrogen and oxygen atoms in total. The summed E-state index contributed by atoms with van der Waals surface area (Å²) in [5, 5.41) is 0. The van der Waals surface area contributed by atoms with Gasteiger partial charge in [-0.1, -0.05) is 60.7 Å². The molecule has 0 heterocycles. The minimum atomic E-state index is -3.57. The van der Waals surface area contributed by atoms with Crippen molar-refractivity contribution in [2.45, 2.75) is 20.5 Å². The number of halogens is 1. The zero-order valence-electron chi connectivity index (χ0n) is 19.2. The van der Waals surface area contributed by atoms with Gasteiger partial charge in [-0.3, -0.25) is 0 Å². The van der Waals surface area contributed by atoms with E-state index in [4.69, 9.17) is 8.92 Å². The van der Waals surface area contributed by atoms with Gasteiger partial charge in [0.2, 0.25) is 0 Å². The summed E-state index contributed by atoms with van der Waals surface area (Å²) in [4.78, 5) is 0. The molecule has 0 radical (unpaired) electrons. The summed E-state index contributed by atoms with van der Waals surface area (Å²) in [6.07, 6.45) is 1.01. The average Bonchev–Trinajstić information content (AvgIpc) is 2.80. The van der Waals surface area contributed by atoms with E-state index in [0.29, 0.717) is 6.61 Å². The molecule has 0 N–H and O–H groups in total. The van der Waals surface area contributed by atoms with Gasteiger partial charge in [0.25, 0.3) is 0 Å². The van der Waals surface area contributed by atoms with Crippen LogP contribution in [0.25, 0.3) is 22.3 Å². The fourth-order valence-electron chi connectivity index (χ4n) is 3.82. The first-order chi connectivity index (χ1) is 16.2. The lowest BCUT2D eigenvalue weighted by Crippen LogP contribution is -2.05. The van der Waals surface area contributed by atoms with E-state index in [1.165, 1.54) is 6.07 Å². The van der Waals surface area contributed by atoms with Crippen molar-refractivity contribution in [2.24, 2.45) is 0 Å². The number of aryl methyl sites for hydroxylation is 2. The van der Waals surface area contributed by atoms with Crippen molar-refractivity contribution in [1.29, 1.82) is 0 Å². The van der Waals surface area contributed by atoms with E-state index in [1.54, 1.807) is 18.2 Å². The fraction of sp³-hybridized carbons (Fsp3) is 0.143. The Labute approximate surface area is 199 Å². The minimum Gasteiger partial charge on any atom is -0.486 e. The van der Waals surface area contributed by atoms with Crippen LogP contribution in [-0.4, -0.2) is 14.7 Å². The van der Waals surface area contributed by atoms with Crippen LogP contribution in [0.2, 0.25) is 0 Å². The summed E-state index contributed by atoms with van der Waals surface area (Å²) in [5.41, 5.74) is 6.64. The summed E-state index contributed by atoms with van der Waals surface area (Å²) in [6.45, 7) is 4.28. The smallest absolute Gasteiger partial charge is 0.306 e. The van der Waals surface area contributed by atoms with E-state index >= 15 is 0 Å². The first-order valence-electron chi connectivity index (χ1n) is 10.8. The molecule has 4 aromatic rings. The lowest BCUT2D eigenvalue weighted by molar-refractivity contribution is 0.290. The van der Waals surface area contributed by atoms with Gasteiger partial charge in [-0.15, -0.1) is 0 Å². The number of benzene rings is 4. The van der Waals surface area contributed by atoms with Crippen LogP contribution in [0.5, 0.6) is 11.5 Å². The predicted octanol–water partition coefficient (Wildman–Crippen LogP) is 6.69. The van der Waals surface area contributed by atoms with Gasteiger partial charge >= 0.3 is 10.1 Å². The number of hydrogen-bond donors (Lipinski definition) is 0. The molecule has 0 saturated heterocycles. The van der Waals surface area contributed by atoms with Crippen molar-refractivity contribution < 1.29 is 21.7 Å². The SMILES string of the molecule is Cc1cc(-c2ccc(OCc3ccccc3)c(F)c2)c(C)cc1-c1ccc(OS(C)(=O)=O)cc1. The van der Waals surface area contributed by atoms with E-state index in [2.05, 4.69) is 6.07 Å². The molecule has 0 aliphatic heterocycles. The van der Waals surface area contributed by atoms with E-state index < -0.39 is 15.9 Å². The predicted molar refractivity (Wildman–Crippen MR) is 133 cm³/mol. The van der Waals surface area contributed by atoms with Crippen LogP contribution in [0.1, 0.15) is 16.7 Å². The average molecular weight is 477 g/mol. The van der Waals surface area contributed by atoms with Crippen molar-refractivity contribution >= 4 is 10.1 Å². The molecule has 0 aromatic heterocycles. The lowest BCUT2D eigenvalue weighted by Gasteiger charge is -2.14. The molecule has 0 saturated carbocycles. The monoisotopic (exact) mass is 476 g/mol. The molecule has 0 unspecified atom stereocenters. The second-order valence-electron chi connectivity index (χ2n) is 8.21. The van der Waals surface area contributed by atoms with Gasteiger partial charge in [0.15, 0.2) is 11.6 Å². The second-order valence-corrected chi connectivity index (χ2v) is 9.79. The molecule has 0 fully saturated rings. The van der Waals surface area contributed by atoms with Crippen molar-refractivity contribution in [2.75, 3.05) is 6.26 Å². The Hall–Kier alpha value is -3.64. The quantitative estimate of drug-likeness (QED) is 0.279. The third kappa shape index (κ3) is 5.64. The Morgan fingerprint density at radius 2 is 1.35 bits per heavy atom. The van der Waals surface area contributed by atoms with Gasteiger partial charge in [0.05, 0.1) is 6.26 Å². The van der Waals surface area contributed by atoms with Gasteiger partial charge < -0.3 is 8.92 Å². The molecule has 0 aliphatic carbocycles. The summed E-state index contributed by atoms with van der Waals surface area (Å²) < 4.78 is 48.0. The van der Waals surface area contributed by atoms with E-state index in [9.17, 15) is 12.8 Å². The molecule has 0 aliphatic rings. The van der Waals surface area contributed by atoms with E-state index in [1.807, 2.05) is 68.4 Å². The maximum Gasteiger partial charge on any atom is 0.306 e. The third-order valence-electron chi connectivity index (χ3n) is 5.46. The molecule has 0 atom stereocenters. The van der Waals surface area contributed by atoms with Crippen molar-refractivity contribution in [1.82, 2.24) is 0 Å². The highest BCUT2D eigenvalue weighted by atomic mass is 32.2. The van der Waals surface area contributed by atoms with E-state index in [0.717, 1.165) is 45.2 Å². The molecule has 0 spiro atoms. The Kier molecular flexibility index (Phi) is 6.70. The highest BCUT2D eigenvalue weighted by Crippen LogP contribution is 2.34. The van der Waals surface area contributed by atoms with E-state index in [-0.39, 0.29) is 11.5 Å². The van der Waals surface area contributed by atoms with Crippen LogP contribution in [0.4, 0.5) is 4.39 Å². The zero-order valence-corrected chi connectivity index (χ0v) is 20.0. The van der Waals surface area contributed by atoms with Gasteiger partial charge in [0, 0.05) is 0 Å². The van der Waals surface area contributed by atoms with Crippen molar-refractivity contribution in [3.63, 3.8) is 0 Å². The standard InChI is InChI=1S/C28H25FO4S/c1-19-16-26(20(2)15-25(19)22-9-12-24(13-10-22)33-34(3,30)31)23-11-14-28(27(29)17-23)32-18-21-7-5-4-6-8-21/h4-17H,18H2,1-3H3. The zero-order chi connectivity index (χ0) is 24.3. The molecule has 6 heteroatoms. The topological polar surface area (TPSA) is 52.6 Å². The Morgan fingerprint density at radius 1 is 0.765 bits per heavy atom. The Balaban J connectivity index is 1.56. The maximum atomic E-state index is 14.8. The summed E-state index contributed by atoms with van der Waals surface area (Å²) in [5.74, 6) is 0.0771. The van der Waals surface area contributed by atoms with Crippen LogP contribution in [-0.2, 0) is 16.7 Å². The van der Waals surface area contributed by atoms with Crippen LogP contribution >= 0.6 is 0 Å². The molecule has 174 valence electrons. The maximum absolute atomic E-state index is 14.8. The fourth-order valence-corrected chi connectivity index (χ4v) is 4.28.